The number of rotatable bonds is 2. The van der Waals surface area contributed by atoms with Crippen LogP contribution in [0.1, 0.15) is 12.1 Å². The number of likely N-dealkylation sites (N-methyl/N-ethyl adjacent to an activating group) is 1. The quantitative estimate of drug-likeness (QED) is 0.681. The molecule has 2 unspecified atom stereocenters. The summed E-state index contributed by atoms with van der Waals surface area (Å²) in [6, 6.07) is 6.24. The van der Waals surface area contributed by atoms with Gasteiger partial charge in [0.25, 0.3) is 0 Å². The summed E-state index contributed by atoms with van der Waals surface area (Å²) in [7, 11) is 6.46. The van der Waals surface area contributed by atoms with E-state index < -0.39 is 0 Å². The van der Waals surface area contributed by atoms with Crippen LogP contribution in [0.15, 0.2) is 24.4 Å². The van der Waals surface area contributed by atoms with Crippen LogP contribution in [0.2, 0.25) is 0 Å². The molecule has 2 saturated heterocycles. The van der Waals surface area contributed by atoms with E-state index in [2.05, 4.69) is 69.0 Å². The van der Waals surface area contributed by atoms with E-state index >= 15 is 0 Å². The van der Waals surface area contributed by atoms with Crippen LogP contribution in [0.4, 0.5) is 0 Å². The molecule has 2 fully saturated rings. The van der Waals surface area contributed by atoms with E-state index in [4.69, 9.17) is 0 Å². The molecule has 0 aromatic carbocycles. The Labute approximate surface area is 165 Å². The zero-order valence-electron chi connectivity index (χ0n) is 15.2. The summed E-state index contributed by atoms with van der Waals surface area (Å²) in [5.41, 5.74) is 1.19. The van der Waals surface area contributed by atoms with Gasteiger partial charge in [0, 0.05) is 65.1 Å². The Morgan fingerprint density at radius 3 is 2.20 bits per heavy atom. The molecule has 0 aliphatic carbocycles. The minimum atomic E-state index is 0.981. The Morgan fingerprint density at radius 2 is 1.52 bits per heavy atom. The van der Waals surface area contributed by atoms with Gasteiger partial charge in [0.05, 0.1) is 5.69 Å². The normalized spacial score (nSPS) is 26.7. The topological polar surface area (TPSA) is 25.9 Å². The van der Waals surface area contributed by atoms with E-state index in [-0.39, 0.29) is 0 Å². The third-order valence-corrected chi connectivity index (χ3v) is 5.12. The first kappa shape index (κ1) is 21.1. The molecule has 0 spiro atoms. The van der Waals surface area contributed by atoms with Gasteiger partial charge in [-0.1, -0.05) is 6.07 Å². The summed E-state index contributed by atoms with van der Waals surface area (Å²) in [5.74, 6) is 0. The van der Waals surface area contributed by atoms with Gasteiger partial charge in [-0.3, -0.25) is 14.8 Å². The number of hydrogen-bond donors (Lipinski definition) is 0. The van der Waals surface area contributed by atoms with Crippen molar-refractivity contribution in [2.24, 2.45) is 0 Å². The molecule has 3 heterocycles. The van der Waals surface area contributed by atoms with Crippen molar-refractivity contribution in [3.05, 3.63) is 30.1 Å². The summed E-state index contributed by atoms with van der Waals surface area (Å²) in [6.45, 7) is 13.0. The maximum absolute atomic E-state index is 4.50. The van der Waals surface area contributed by atoms with Crippen LogP contribution in [0.25, 0.3) is 0 Å². The third kappa shape index (κ3) is 7.92. The van der Waals surface area contributed by atoms with Gasteiger partial charge in [-0.15, -0.1) is 0 Å². The van der Waals surface area contributed by atoms with Crippen molar-refractivity contribution in [2.45, 2.75) is 13.0 Å². The summed E-state index contributed by atoms with van der Waals surface area (Å²) in [5, 5.41) is 0. The summed E-state index contributed by atoms with van der Waals surface area (Å²) < 4.78 is 0. The van der Waals surface area contributed by atoms with E-state index in [1.807, 2.05) is 12.3 Å². The van der Waals surface area contributed by atoms with Crippen LogP contribution in [0.5, 0.6) is 0 Å². The van der Waals surface area contributed by atoms with E-state index in [1.165, 1.54) is 71.0 Å². The first-order chi connectivity index (χ1) is 12.3. The fraction of sp³-hybridized carbons (Fsp3) is 0.722. The average molecular weight is 417 g/mol. The van der Waals surface area contributed by atoms with Gasteiger partial charge in [0.15, 0.2) is 0 Å². The fourth-order valence-corrected chi connectivity index (χ4v) is 3.48. The van der Waals surface area contributed by atoms with Crippen molar-refractivity contribution in [1.29, 1.82) is 0 Å². The summed E-state index contributed by atoms with van der Waals surface area (Å²) in [4.78, 5) is 14.9. The van der Waals surface area contributed by atoms with Gasteiger partial charge < -0.3 is 9.80 Å². The predicted molar refractivity (Wildman–Crippen MR) is 100 cm³/mol. The zero-order chi connectivity index (χ0) is 17.9. The van der Waals surface area contributed by atoms with Gasteiger partial charge in [0.1, 0.15) is 0 Å². The summed E-state index contributed by atoms with van der Waals surface area (Å²) in [6.07, 6.45) is 3.17. The van der Waals surface area contributed by atoms with Gasteiger partial charge in [-0.25, -0.2) is 0 Å². The number of hydrogen-bond acceptors (Lipinski definition) is 5. The number of pyridine rings is 1. The standard InChI is InChI=1S/C18H31N5.ClH.Cu/c1-20-9-11-21-7-4-8-23(17-18-5-2-3-6-19-18)16-15-22(12-10-20)14-13-21;;/h2-3,5-6H,4,7-17H2,1H3;1H;/q;;+1/p-1/i;;1+0. The van der Waals surface area contributed by atoms with Gasteiger partial charge in [0.2, 0.25) is 0 Å². The minimum absolute atomic E-state index is 0.981. The third-order valence-electron chi connectivity index (χ3n) is 5.12. The van der Waals surface area contributed by atoms with Crippen LogP contribution in [-0.4, -0.2) is 97.1 Å². The monoisotopic (exact) mass is 416 g/mol. The van der Waals surface area contributed by atoms with E-state index in [0.29, 0.717) is 0 Å². The number of fused-ring (bicyclic) bond motifs is 3. The maximum atomic E-state index is 4.50. The Balaban J connectivity index is 0.00000109. The Morgan fingerprint density at radius 1 is 0.880 bits per heavy atom. The van der Waals surface area contributed by atoms with Crippen LogP contribution < -0.4 is 0 Å². The molecule has 3 rings (SSSR count). The van der Waals surface area contributed by atoms with Crippen LogP contribution in [0.3, 0.4) is 0 Å². The number of halogens is 1. The number of aromatic nitrogens is 1. The molecule has 146 valence electrons. The zero-order valence-corrected chi connectivity index (χ0v) is 16.9. The van der Waals surface area contributed by atoms with E-state index in [0.717, 1.165) is 13.1 Å². The molecule has 7 heteroatoms. The van der Waals surface area contributed by atoms with Crippen molar-refractivity contribution < 1.29 is 15.1 Å². The SMILES string of the molecule is CN1CCN2CCCN(Cc3ccccn3)CCN(CC1)CC2.[Cl][64Cu]. The van der Waals surface area contributed by atoms with Crippen LogP contribution >= 0.6 is 10.1 Å². The number of nitrogens with zero attached hydrogens (tertiary/aromatic N) is 5. The average Bonchev–Trinajstić information content (AvgIpc) is 2.75. The molecule has 0 N–H and O–H groups in total. The Kier molecular flexibility index (Phi) is 10.3. The molecule has 0 radical (unpaired) electrons. The molecular formula is C18H31ClCuN5. The van der Waals surface area contributed by atoms with Crippen molar-refractivity contribution in [3.63, 3.8) is 0 Å². The van der Waals surface area contributed by atoms with Crippen molar-refractivity contribution in [1.82, 2.24) is 24.6 Å². The molecule has 0 saturated carbocycles. The van der Waals surface area contributed by atoms with Crippen molar-refractivity contribution in [2.75, 3.05) is 72.5 Å². The predicted octanol–water partition coefficient (Wildman–Crippen LogP) is 1.52. The van der Waals surface area contributed by atoms with Crippen LogP contribution in [-0.2, 0) is 21.6 Å². The Bertz CT molecular complexity index is 464. The van der Waals surface area contributed by atoms with Crippen LogP contribution in [0, 0.1) is 0 Å². The van der Waals surface area contributed by atoms with Gasteiger partial charge in [-0.05, 0) is 38.7 Å². The molecule has 2 atom stereocenters. The molecule has 1 aromatic heterocycles. The fourth-order valence-electron chi connectivity index (χ4n) is 3.48. The molecule has 2 bridgehead atoms. The molecular weight excluding hydrogens is 386 g/mol. The van der Waals surface area contributed by atoms with Gasteiger partial charge in [-0.2, -0.15) is 0 Å². The first-order valence-electron chi connectivity index (χ1n) is 9.16. The molecule has 2 aliphatic heterocycles. The van der Waals surface area contributed by atoms with E-state index in [1.54, 1.807) is 0 Å². The second kappa shape index (κ2) is 12.2. The molecule has 25 heavy (non-hydrogen) atoms. The Hall–Kier alpha value is -0.201. The second-order valence-electron chi connectivity index (χ2n) is 6.94. The summed E-state index contributed by atoms with van der Waals surface area (Å²) >= 11 is 3.66. The molecule has 5 nitrogen and oxygen atoms in total. The molecule has 2 aliphatic rings. The van der Waals surface area contributed by atoms with E-state index in [9.17, 15) is 0 Å². The first-order valence-corrected chi connectivity index (χ1v) is 10.5. The molecule has 1 aromatic rings. The van der Waals surface area contributed by atoms with Crippen molar-refractivity contribution in [3.8, 4) is 0 Å². The van der Waals surface area contributed by atoms with Gasteiger partial charge >= 0.3 is 25.2 Å². The van der Waals surface area contributed by atoms with Crippen molar-refractivity contribution >= 4 is 10.1 Å². The second-order valence-corrected chi connectivity index (χ2v) is 6.94. The molecule has 0 amide bonds.